The van der Waals surface area contributed by atoms with E-state index in [1.54, 1.807) is 30.1 Å². The Morgan fingerprint density at radius 1 is 1.15 bits per heavy atom. The van der Waals surface area contributed by atoms with Crippen LogP contribution in [-0.2, 0) is 16.1 Å². The number of nitrogens with one attached hydrogen (secondary N) is 1. The smallest absolute Gasteiger partial charge is 0.255 e. The Balaban J connectivity index is 1.27. The number of aromatic nitrogens is 4. The van der Waals surface area contributed by atoms with Gasteiger partial charge in [-0.25, -0.2) is 9.67 Å². The van der Waals surface area contributed by atoms with Crippen LogP contribution in [0.25, 0.3) is 26.6 Å². The van der Waals surface area contributed by atoms with Gasteiger partial charge in [-0.05, 0) is 42.3 Å². The van der Waals surface area contributed by atoms with Crippen LogP contribution >= 0.6 is 11.3 Å². The summed E-state index contributed by atoms with van der Waals surface area (Å²) in [5.74, 6) is -0.193. The molecule has 34 heavy (non-hydrogen) atoms. The van der Waals surface area contributed by atoms with Gasteiger partial charge >= 0.3 is 0 Å². The molecule has 0 bridgehead atoms. The predicted molar refractivity (Wildman–Crippen MR) is 123 cm³/mol. The van der Waals surface area contributed by atoms with Crippen molar-refractivity contribution in [3.05, 3.63) is 53.7 Å². The molecular formula is C23H18N6O4S. The van der Waals surface area contributed by atoms with Crippen LogP contribution in [0.3, 0.4) is 0 Å². The summed E-state index contributed by atoms with van der Waals surface area (Å²) >= 11 is 1.52. The Morgan fingerprint density at radius 3 is 2.85 bits per heavy atom. The lowest BCUT2D eigenvalue weighted by Gasteiger charge is -2.29. The summed E-state index contributed by atoms with van der Waals surface area (Å²) in [6.45, 7) is 0.301. The summed E-state index contributed by atoms with van der Waals surface area (Å²) in [5, 5.41) is 11.6. The number of methoxy groups -OCH3 is 1. The summed E-state index contributed by atoms with van der Waals surface area (Å²) in [4.78, 5) is 42.8. The number of amides is 3. The maximum atomic E-state index is 12.9. The molecule has 1 N–H and O–H groups in total. The first-order valence-corrected chi connectivity index (χ1v) is 11.5. The number of rotatable bonds is 4. The molecule has 10 nitrogen and oxygen atoms in total. The molecule has 1 unspecified atom stereocenters. The normalized spacial score (nSPS) is 17.9. The molecule has 1 saturated heterocycles. The van der Waals surface area contributed by atoms with Crippen molar-refractivity contribution in [2.24, 2.45) is 0 Å². The van der Waals surface area contributed by atoms with Gasteiger partial charge in [0.05, 0.1) is 29.2 Å². The first-order valence-electron chi connectivity index (χ1n) is 10.7. The SMILES string of the molecule is COc1ccc2sc(-c3cn(-c4ccc5c(c4)CN(C4CCC(=O)NC4=O)C5=O)nn3)nc2c1. The Labute approximate surface area is 197 Å². The van der Waals surface area contributed by atoms with E-state index in [4.69, 9.17) is 4.74 Å². The van der Waals surface area contributed by atoms with Gasteiger partial charge in [-0.3, -0.25) is 19.7 Å². The van der Waals surface area contributed by atoms with Crippen molar-refractivity contribution >= 4 is 39.3 Å². The minimum absolute atomic E-state index is 0.208. The lowest BCUT2D eigenvalue weighted by atomic mass is 10.0. The van der Waals surface area contributed by atoms with Gasteiger partial charge in [0.2, 0.25) is 11.8 Å². The quantitative estimate of drug-likeness (QED) is 0.451. The fourth-order valence-electron chi connectivity index (χ4n) is 4.34. The maximum absolute atomic E-state index is 12.9. The summed E-state index contributed by atoms with van der Waals surface area (Å²) in [7, 11) is 1.62. The fraction of sp³-hybridized carbons (Fsp3) is 0.217. The minimum Gasteiger partial charge on any atom is -0.497 e. The van der Waals surface area contributed by atoms with Crippen LogP contribution in [0.2, 0.25) is 0 Å². The Hall–Kier alpha value is -4.12. The van der Waals surface area contributed by atoms with Crippen LogP contribution in [0.1, 0.15) is 28.8 Å². The first kappa shape index (κ1) is 20.5. The summed E-state index contributed by atoms with van der Waals surface area (Å²) in [5.41, 5.74) is 3.57. The molecule has 170 valence electrons. The van der Waals surface area contributed by atoms with E-state index in [1.165, 1.54) is 16.2 Å². The molecule has 2 aliphatic rings. The van der Waals surface area contributed by atoms with Crippen molar-refractivity contribution in [3.8, 4) is 22.1 Å². The minimum atomic E-state index is -0.642. The van der Waals surface area contributed by atoms with E-state index in [-0.39, 0.29) is 18.2 Å². The highest BCUT2D eigenvalue weighted by Crippen LogP contribution is 2.32. The molecule has 2 aromatic heterocycles. The summed E-state index contributed by atoms with van der Waals surface area (Å²) in [6.07, 6.45) is 2.35. The number of imide groups is 1. The van der Waals surface area contributed by atoms with E-state index in [0.29, 0.717) is 24.2 Å². The van der Waals surface area contributed by atoms with Crippen molar-refractivity contribution in [1.29, 1.82) is 0 Å². The van der Waals surface area contributed by atoms with Crippen LogP contribution in [0.5, 0.6) is 5.75 Å². The van der Waals surface area contributed by atoms with Crippen LogP contribution in [0.15, 0.2) is 42.6 Å². The molecule has 6 rings (SSSR count). The highest BCUT2D eigenvalue weighted by Gasteiger charge is 2.39. The monoisotopic (exact) mass is 474 g/mol. The second-order valence-corrected chi connectivity index (χ2v) is 9.17. The van der Waals surface area contributed by atoms with Crippen molar-refractivity contribution in [1.82, 2.24) is 30.2 Å². The molecule has 1 fully saturated rings. The standard InChI is InChI=1S/C23H18N6O4S/c1-33-14-3-6-19-16(9-14)24-22(34-19)17-11-29(27-26-17)13-2-4-15-12(8-13)10-28(23(15)32)18-5-7-20(30)25-21(18)31/h2-4,6,8-9,11,18H,5,7,10H2,1H3,(H,25,30,31). The number of hydrogen-bond acceptors (Lipinski definition) is 8. The van der Waals surface area contributed by atoms with Gasteiger partial charge in [-0.2, -0.15) is 0 Å². The van der Waals surface area contributed by atoms with Gasteiger partial charge in [-0.1, -0.05) is 5.21 Å². The number of piperidine rings is 1. The van der Waals surface area contributed by atoms with Gasteiger partial charge in [0.15, 0.2) is 0 Å². The summed E-state index contributed by atoms with van der Waals surface area (Å²) in [6, 6.07) is 10.5. The first-order chi connectivity index (χ1) is 16.5. The molecule has 2 aromatic carbocycles. The van der Waals surface area contributed by atoms with E-state index in [0.717, 1.165) is 32.2 Å². The van der Waals surface area contributed by atoms with E-state index in [2.05, 4.69) is 20.6 Å². The van der Waals surface area contributed by atoms with Crippen molar-refractivity contribution in [2.75, 3.05) is 7.11 Å². The predicted octanol–water partition coefficient (Wildman–Crippen LogP) is 2.31. The highest BCUT2D eigenvalue weighted by atomic mass is 32.1. The lowest BCUT2D eigenvalue weighted by molar-refractivity contribution is -0.136. The molecule has 0 aliphatic carbocycles. The van der Waals surface area contributed by atoms with Crippen LogP contribution in [0.4, 0.5) is 0 Å². The third-order valence-electron chi connectivity index (χ3n) is 6.08. The molecular weight excluding hydrogens is 456 g/mol. The second kappa shape index (κ2) is 7.73. The molecule has 0 spiro atoms. The molecule has 4 aromatic rings. The van der Waals surface area contributed by atoms with Gasteiger partial charge in [-0.15, -0.1) is 16.4 Å². The largest absolute Gasteiger partial charge is 0.497 e. The molecule has 2 aliphatic heterocycles. The van der Waals surface area contributed by atoms with E-state index >= 15 is 0 Å². The number of carbonyl (C=O) groups is 3. The zero-order valence-corrected chi connectivity index (χ0v) is 18.8. The maximum Gasteiger partial charge on any atom is 0.255 e. The van der Waals surface area contributed by atoms with Crippen molar-refractivity contribution < 1.29 is 19.1 Å². The van der Waals surface area contributed by atoms with Crippen LogP contribution in [-0.4, -0.2) is 55.8 Å². The van der Waals surface area contributed by atoms with Crippen molar-refractivity contribution in [2.45, 2.75) is 25.4 Å². The van der Waals surface area contributed by atoms with Gasteiger partial charge in [0.25, 0.3) is 5.91 Å². The zero-order chi connectivity index (χ0) is 23.4. The van der Waals surface area contributed by atoms with Gasteiger partial charge in [0, 0.05) is 24.6 Å². The number of thiazole rings is 1. The molecule has 1 atom stereocenters. The fourth-order valence-corrected chi connectivity index (χ4v) is 5.23. The Bertz CT molecular complexity index is 1490. The van der Waals surface area contributed by atoms with Crippen LogP contribution < -0.4 is 10.1 Å². The Kier molecular flexibility index (Phi) is 4.66. The molecule has 0 saturated carbocycles. The number of fused-ring (bicyclic) bond motifs is 2. The van der Waals surface area contributed by atoms with Gasteiger partial charge < -0.3 is 9.64 Å². The molecule has 4 heterocycles. The number of carbonyl (C=O) groups excluding carboxylic acids is 3. The Morgan fingerprint density at radius 2 is 2.03 bits per heavy atom. The highest BCUT2D eigenvalue weighted by molar-refractivity contribution is 7.21. The number of ether oxygens (including phenoxy) is 1. The average molecular weight is 475 g/mol. The topological polar surface area (TPSA) is 119 Å². The summed E-state index contributed by atoms with van der Waals surface area (Å²) < 4.78 is 7.93. The number of nitrogens with zero attached hydrogens (tertiary/aromatic N) is 5. The molecule has 0 radical (unpaired) electrons. The van der Waals surface area contributed by atoms with Crippen LogP contribution in [0, 0.1) is 0 Å². The number of hydrogen-bond donors (Lipinski definition) is 1. The third-order valence-corrected chi connectivity index (χ3v) is 7.14. The van der Waals surface area contributed by atoms with Gasteiger partial charge in [0.1, 0.15) is 22.5 Å². The second-order valence-electron chi connectivity index (χ2n) is 8.14. The number of benzene rings is 2. The van der Waals surface area contributed by atoms with E-state index in [9.17, 15) is 14.4 Å². The van der Waals surface area contributed by atoms with Crippen molar-refractivity contribution in [3.63, 3.8) is 0 Å². The average Bonchev–Trinajstić information content (AvgIpc) is 3.55. The molecule has 11 heteroatoms. The lowest BCUT2D eigenvalue weighted by Crippen LogP contribution is -2.52. The third kappa shape index (κ3) is 3.32. The van der Waals surface area contributed by atoms with E-state index in [1.807, 2.05) is 24.3 Å². The zero-order valence-electron chi connectivity index (χ0n) is 18.0. The van der Waals surface area contributed by atoms with E-state index < -0.39 is 11.9 Å². The molecule has 3 amide bonds.